The number of carbonyl (C=O) groups excluding carboxylic acids is 3. The summed E-state index contributed by atoms with van der Waals surface area (Å²) in [5, 5.41) is 0. The molecule has 6 nitrogen and oxygen atoms in total. The summed E-state index contributed by atoms with van der Waals surface area (Å²) in [5.41, 5.74) is 0. The molecule has 0 radical (unpaired) electrons. The molecule has 0 aromatic heterocycles. The second-order valence-electron chi connectivity index (χ2n) is 15.3. The zero-order valence-corrected chi connectivity index (χ0v) is 38.4. The molecule has 0 saturated heterocycles. The summed E-state index contributed by atoms with van der Waals surface area (Å²) in [6.07, 6.45) is 63.6. The zero-order valence-electron chi connectivity index (χ0n) is 38.4. The summed E-state index contributed by atoms with van der Waals surface area (Å²) in [7, 11) is 0. The van der Waals surface area contributed by atoms with Gasteiger partial charge in [0, 0.05) is 19.3 Å². The van der Waals surface area contributed by atoms with Crippen LogP contribution in [-0.2, 0) is 28.6 Å². The molecule has 0 bridgehead atoms. The molecule has 0 heterocycles. The maximum atomic E-state index is 12.8. The second-order valence-corrected chi connectivity index (χ2v) is 15.3. The predicted octanol–water partition coefficient (Wildman–Crippen LogP) is 15.6. The normalized spacial score (nSPS) is 13.1. The van der Waals surface area contributed by atoms with Crippen LogP contribution in [0.3, 0.4) is 0 Å². The van der Waals surface area contributed by atoms with Gasteiger partial charge in [0.2, 0.25) is 0 Å². The van der Waals surface area contributed by atoms with Crippen LogP contribution in [0.1, 0.15) is 194 Å². The van der Waals surface area contributed by atoms with E-state index in [9.17, 15) is 14.4 Å². The van der Waals surface area contributed by atoms with Crippen LogP contribution in [0.5, 0.6) is 0 Å². The highest BCUT2D eigenvalue weighted by Gasteiger charge is 2.19. The first-order valence-corrected chi connectivity index (χ1v) is 23.9. The Hall–Kier alpha value is -3.93. The van der Waals surface area contributed by atoms with Crippen LogP contribution >= 0.6 is 0 Å². The highest BCUT2D eigenvalue weighted by atomic mass is 16.6. The van der Waals surface area contributed by atoms with Gasteiger partial charge in [0.1, 0.15) is 13.2 Å². The topological polar surface area (TPSA) is 78.9 Å². The van der Waals surface area contributed by atoms with Crippen molar-refractivity contribution in [1.82, 2.24) is 0 Å². The van der Waals surface area contributed by atoms with Crippen molar-refractivity contribution in [3.8, 4) is 0 Å². The maximum Gasteiger partial charge on any atom is 0.306 e. The van der Waals surface area contributed by atoms with Crippen molar-refractivity contribution in [2.45, 2.75) is 200 Å². The minimum absolute atomic E-state index is 0.118. The van der Waals surface area contributed by atoms with Gasteiger partial charge in [0.25, 0.3) is 0 Å². The Morgan fingerprint density at radius 2 is 0.717 bits per heavy atom. The first-order chi connectivity index (χ1) is 29.5. The molecule has 0 aromatic carbocycles. The molecule has 0 aromatic rings. The van der Waals surface area contributed by atoms with Gasteiger partial charge >= 0.3 is 17.9 Å². The van der Waals surface area contributed by atoms with Gasteiger partial charge in [-0.2, -0.15) is 0 Å². The quantitative estimate of drug-likeness (QED) is 0.0201. The van der Waals surface area contributed by atoms with Crippen molar-refractivity contribution in [2.24, 2.45) is 0 Å². The number of allylic oxidation sites excluding steroid dienone is 18. The fourth-order valence-corrected chi connectivity index (χ4v) is 5.97. The lowest BCUT2D eigenvalue weighted by molar-refractivity contribution is -0.167. The fourth-order valence-electron chi connectivity index (χ4n) is 5.97. The highest BCUT2D eigenvalue weighted by molar-refractivity contribution is 5.71. The van der Waals surface area contributed by atoms with Crippen molar-refractivity contribution in [2.75, 3.05) is 13.2 Å². The zero-order chi connectivity index (χ0) is 43.7. The van der Waals surface area contributed by atoms with E-state index in [1.807, 2.05) is 0 Å². The molecule has 0 aliphatic heterocycles. The summed E-state index contributed by atoms with van der Waals surface area (Å²) in [6, 6.07) is 0. The lowest BCUT2D eigenvalue weighted by atomic mass is 10.1. The average Bonchev–Trinajstić information content (AvgIpc) is 3.24. The van der Waals surface area contributed by atoms with E-state index in [-0.39, 0.29) is 37.5 Å². The van der Waals surface area contributed by atoms with E-state index in [2.05, 4.69) is 130 Å². The van der Waals surface area contributed by atoms with E-state index in [0.717, 1.165) is 116 Å². The van der Waals surface area contributed by atoms with Gasteiger partial charge in [-0.3, -0.25) is 14.4 Å². The van der Waals surface area contributed by atoms with Crippen LogP contribution in [0.15, 0.2) is 109 Å². The molecule has 338 valence electrons. The van der Waals surface area contributed by atoms with E-state index >= 15 is 0 Å². The Labute approximate surface area is 368 Å². The first-order valence-electron chi connectivity index (χ1n) is 23.9. The van der Waals surface area contributed by atoms with Gasteiger partial charge in [0.15, 0.2) is 6.10 Å². The van der Waals surface area contributed by atoms with E-state index in [0.29, 0.717) is 19.3 Å². The summed E-state index contributed by atoms with van der Waals surface area (Å²) in [5.74, 6) is -1.02. The molecule has 0 amide bonds. The van der Waals surface area contributed by atoms with Crippen LogP contribution in [0.4, 0.5) is 0 Å². The van der Waals surface area contributed by atoms with Crippen LogP contribution in [0.25, 0.3) is 0 Å². The standard InChI is InChI=1S/C54H86O6/c1-4-7-10-13-16-19-22-24-26-28-29-32-35-38-41-44-47-53(56)59-50-51(49-58-52(55)46-43-40-37-34-31-21-18-15-12-9-6-3)60-54(57)48-45-42-39-36-33-30-27-25-23-20-17-14-11-8-5-2/h7,9-10,12,16-21,23-26,29,32,34,37,51H,4-6,8,11,13-15,22,27-28,30-31,33,35-36,38-50H2,1-3H3/b10-7-,12-9-,19-16-,20-17-,21-18-,25-23-,26-24-,32-29-,37-34-. The molecule has 1 atom stereocenters. The number of esters is 3. The molecule has 0 saturated carbocycles. The van der Waals surface area contributed by atoms with E-state index in [4.69, 9.17) is 14.2 Å². The molecule has 60 heavy (non-hydrogen) atoms. The molecular weight excluding hydrogens is 745 g/mol. The lowest BCUT2D eigenvalue weighted by Gasteiger charge is -2.18. The first kappa shape index (κ1) is 56.1. The highest BCUT2D eigenvalue weighted by Crippen LogP contribution is 2.12. The van der Waals surface area contributed by atoms with E-state index in [1.54, 1.807) is 0 Å². The van der Waals surface area contributed by atoms with Crippen molar-refractivity contribution in [3.63, 3.8) is 0 Å². The molecule has 0 fully saturated rings. The van der Waals surface area contributed by atoms with E-state index in [1.165, 1.54) is 32.1 Å². The minimum Gasteiger partial charge on any atom is -0.462 e. The largest absolute Gasteiger partial charge is 0.462 e. The average molecular weight is 831 g/mol. The predicted molar refractivity (Wildman–Crippen MR) is 256 cm³/mol. The smallest absolute Gasteiger partial charge is 0.306 e. The molecule has 0 aliphatic rings. The van der Waals surface area contributed by atoms with Gasteiger partial charge in [-0.15, -0.1) is 0 Å². The van der Waals surface area contributed by atoms with Gasteiger partial charge in [0.05, 0.1) is 0 Å². The van der Waals surface area contributed by atoms with Crippen LogP contribution in [0.2, 0.25) is 0 Å². The molecule has 0 aliphatic carbocycles. The maximum absolute atomic E-state index is 12.8. The third kappa shape index (κ3) is 45.2. The minimum atomic E-state index is -0.818. The van der Waals surface area contributed by atoms with Crippen molar-refractivity contribution >= 4 is 17.9 Å². The Morgan fingerprint density at radius 1 is 0.367 bits per heavy atom. The van der Waals surface area contributed by atoms with E-state index < -0.39 is 6.10 Å². The summed E-state index contributed by atoms with van der Waals surface area (Å²) in [4.78, 5) is 37.8. The number of carbonyl (C=O) groups is 3. The van der Waals surface area contributed by atoms with Gasteiger partial charge < -0.3 is 14.2 Å². The Balaban J connectivity index is 4.53. The third-order valence-corrected chi connectivity index (χ3v) is 9.52. The van der Waals surface area contributed by atoms with Crippen molar-refractivity contribution in [1.29, 1.82) is 0 Å². The second kappa shape index (κ2) is 47.7. The molecular formula is C54H86O6. The van der Waals surface area contributed by atoms with Crippen LogP contribution in [0, 0.1) is 0 Å². The number of hydrogen-bond donors (Lipinski definition) is 0. The summed E-state index contributed by atoms with van der Waals surface area (Å²) in [6.45, 7) is 6.26. The molecule has 0 spiro atoms. The Morgan fingerprint density at radius 3 is 1.20 bits per heavy atom. The number of unbranched alkanes of at least 4 members (excludes halogenated alkanes) is 13. The Kier molecular flexibility index (Phi) is 44.6. The van der Waals surface area contributed by atoms with Crippen LogP contribution in [-0.4, -0.2) is 37.2 Å². The lowest BCUT2D eigenvalue weighted by Crippen LogP contribution is -2.30. The van der Waals surface area contributed by atoms with Crippen molar-refractivity contribution in [3.05, 3.63) is 109 Å². The SMILES string of the molecule is CC/C=C\C/C=C\C/C=C\C/C=C\CCCCCC(=O)OCC(COC(=O)CCC/C=C\C/C=C\C/C=C\CC)OC(=O)CCCCCCCC/C=C\C=C/CCCCC. The molecule has 0 N–H and O–H groups in total. The fraction of sp³-hybridized carbons (Fsp3) is 0.611. The Bertz CT molecular complexity index is 1280. The molecule has 6 heteroatoms. The van der Waals surface area contributed by atoms with Gasteiger partial charge in [-0.25, -0.2) is 0 Å². The van der Waals surface area contributed by atoms with Crippen molar-refractivity contribution < 1.29 is 28.6 Å². The van der Waals surface area contributed by atoms with Crippen LogP contribution < -0.4 is 0 Å². The van der Waals surface area contributed by atoms with Gasteiger partial charge in [-0.05, 0) is 109 Å². The third-order valence-electron chi connectivity index (χ3n) is 9.52. The number of rotatable bonds is 41. The number of hydrogen-bond acceptors (Lipinski definition) is 6. The number of ether oxygens (including phenoxy) is 3. The monoisotopic (exact) mass is 831 g/mol. The molecule has 0 rings (SSSR count). The molecule has 1 unspecified atom stereocenters. The summed E-state index contributed by atoms with van der Waals surface area (Å²) >= 11 is 0. The summed E-state index contributed by atoms with van der Waals surface area (Å²) < 4.78 is 16.7. The van der Waals surface area contributed by atoms with Gasteiger partial charge in [-0.1, -0.05) is 175 Å².